The molecule has 0 aliphatic heterocycles. The Hall–Kier alpha value is -0.123. The molecule has 3 heteroatoms. The Kier molecular flexibility index (Phi) is 4.60. The van der Waals surface area contributed by atoms with E-state index < -0.39 is 8.32 Å². The van der Waals surface area contributed by atoms with Crippen LogP contribution >= 0.6 is 0 Å². The van der Waals surface area contributed by atoms with Gasteiger partial charge in [0.2, 0.25) is 8.32 Å². The Labute approximate surface area is 64.0 Å². The minimum Gasteiger partial charge on any atom is -0.391 e. The third-order valence-corrected chi connectivity index (χ3v) is 3.06. The van der Waals surface area contributed by atoms with Crippen molar-refractivity contribution >= 4 is 8.32 Å². The van der Waals surface area contributed by atoms with Crippen molar-refractivity contribution in [3.8, 4) is 0 Å². The third kappa shape index (κ3) is 4.73. The van der Waals surface area contributed by atoms with Gasteiger partial charge < -0.3 is 9.16 Å². The Bertz CT molecular complexity index is 102. The molecule has 0 aromatic heterocycles. The second kappa shape index (κ2) is 4.66. The first-order chi connectivity index (χ1) is 4.62. The van der Waals surface area contributed by atoms with Crippen LogP contribution in [-0.4, -0.2) is 21.7 Å². The van der Waals surface area contributed by atoms with Crippen LogP contribution in [0.4, 0.5) is 0 Å². The van der Waals surface area contributed by atoms with Gasteiger partial charge in [0.25, 0.3) is 0 Å². The largest absolute Gasteiger partial charge is 0.391 e. The van der Waals surface area contributed by atoms with Crippen molar-refractivity contribution in [2.75, 3.05) is 13.4 Å². The van der Waals surface area contributed by atoms with Gasteiger partial charge in [0, 0.05) is 6.61 Å². The topological polar surface area (TPSA) is 18.5 Å². The maximum absolute atomic E-state index is 5.42. The second-order valence-electron chi connectivity index (χ2n) is 2.56. The maximum Gasteiger partial charge on any atom is 0.213 e. The van der Waals surface area contributed by atoms with Gasteiger partial charge in [-0.2, -0.15) is 0 Å². The highest BCUT2D eigenvalue weighted by atomic mass is 28.4. The first-order valence-electron chi connectivity index (χ1n) is 3.47. The molecule has 0 amide bonds. The fourth-order valence-electron chi connectivity index (χ4n) is 0.336. The fraction of sp³-hybridized carbons (Fsp3) is 0.714. The van der Waals surface area contributed by atoms with Crippen molar-refractivity contribution < 1.29 is 9.16 Å². The average Bonchev–Trinajstić information content (AvgIpc) is 1.89. The summed E-state index contributed by atoms with van der Waals surface area (Å²) in [5.74, 6) is 0. The van der Waals surface area contributed by atoms with Gasteiger partial charge in [0.15, 0.2) is 0 Å². The molecule has 0 saturated carbocycles. The molecular formula is C7H16O2Si. The molecule has 0 rings (SSSR count). The van der Waals surface area contributed by atoms with Crippen molar-refractivity contribution in [1.29, 1.82) is 0 Å². The summed E-state index contributed by atoms with van der Waals surface area (Å²) in [6.07, 6.45) is 0. The lowest BCUT2D eigenvalue weighted by Gasteiger charge is -2.17. The van der Waals surface area contributed by atoms with Gasteiger partial charge in [-0.1, -0.05) is 5.70 Å². The van der Waals surface area contributed by atoms with Crippen LogP contribution in [0.15, 0.2) is 12.3 Å². The highest BCUT2D eigenvalue weighted by molar-refractivity contribution is 6.76. The molecule has 0 unspecified atom stereocenters. The molecule has 0 aromatic carbocycles. The van der Waals surface area contributed by atoms with Crippen molar-refractivity contribution in [3.05, 3.63) is 12.3 Å². The Morgan fingerprint density at radius 1 is 1.50 bits per heavy atom. The standard InChI is InChI=1S/C7H16O2Si/c1-5-8-7-9-10(3,4)6-2/h6H,2,5,7H2,1,3-4H3. The Morgan fingerprint density at radius 2 is 2.10 bits per heavy atom. The highest BCUT2D eigenvalue weighted by Gasteiger charge is 2.16. The molecule has 2 nitrogen and oxygen atoms in total. The molecule has 10 heavy (non-hydrogen) atoms. The Balaban J connectivity index is 3.37. The van der Waals surface area contributed by atoms with Crippen molar-refractivity contribution in [2.24, 2.45) is 0 Å². The molecule has 0 bridgehead atoms. The zero-order chi connectivity index (χ0) is 8.04. The molecule has 0 N–H and O–H groups in total. The maximum atomic E-state index is 5.42. The summed E-state index contributed by atoms with van der Waals surface area (Å²) in [7, 11) is -1.58. The van der Waals surface area contributed by atoms with E-state index in [0.29, 0.717) is 13.4 Å². The van der Waals surface area contributed by atoms with E-state index in [0.717, 1.165) is 0 Å². The molecule has 0 aliphatic carbocycles. The molecule has 0 fully saturated rings. The van der Waals surface area contributed by atoms with Crippen molar-refractivity contribution in [3.63, 3.8) is 0 Å². The van der Waals surface area contributed by atoms with Crippen LogP contribution in [0.3, 0.4) is 0 Å². The predicted octanol–water partition coefficient (Wildman–Crippen LogP) is 1.93. The summed E-state index contributed by atoms with van der Waals surface area (Å²) in [6.45, 7) is 10.9. The Morgan fingerprint density at radius 3 is 2.50 bits per heavy atom. The predicted molar refractivity (Wildman–Crippen MR) is 45.3 cm³/mol. The van der Waals surface area contributed by atoms with Crippen LogP contribution in [0.5, 0.6) is 0 Å². The zero-order valence-electron chi connectivity index (χ0n) is 7.02. The minimum absolute atomic E-state index is 0.405. The molecule has 0 heterocycles. The van der Waals surface area contributed by atoms with E-state index in [2.05, 4.69) is 19.7 Å². The minimum atomic E-state index is -1.58. The number of ether oxygens (including phenoxy) is 1. The number of hydrogen-bond acceptors (Lipinski definition) is 2. The van der Waals surface area contributed by atoms with Gasteiger partial charge in [-0.15, -0.1) is 6.58 Å². The summed E-state index contributed by atoms with van der Waals surface area (Å²) in [5.41, 5.74) is 1.89. The molecule has 0 radical (unpaired) electrons. The molecule has 60 valence electrons. The van der Waals surface area contributed by atoms with Gasteiger partial charge in [-0.05, 0) is 20.0 Å². The van der Waals surface area contributed by atoms with E-state index in [9.17, 15) is 0 Å². The lowest BCUT2D eigenvalue weighted by molar-refractivity contribution is 0.0184. The lowest BCUT2D eigenvalue weighted by atomic mass is 10.9. The average molecular weight is 160 g/mol. The van der Waals surface area contributed by atoms with E-state index in [4.69, 9.17) is 9.16 Å². The normalized spacial score (nSPS) is 11.5. The van der Waals surface area contributed by atoms with Crippen LogP contribution in [0, 0.1) is 0 Å². The first-order valence-corrected chi connectivity index (χ1v) is 6.46. The lowest BCUT2D eigenvalue weighted by Crippen LogP contribution is -2.28. The van der Waals surface area contributed by atoms with E-state index in [1.54, 1.807) is 0 Å². The van der Waals surface area contributed by atoms with Crippen molar-refractivity contribution in [2.45, 2.75) is 20.0 Å². The molecule has 0 saturated heterocycles. The number of hydrogen-bond donors (Lipinski definition) is 0. The molecular weight excluding hydrogens is 144 g/mol. The van der Waals surface area contributed by atoms with Gasteiger partial charge in [-0.25, -0.2) is 0 Å². The zero-order valence-corrected chi connectivity index (χ0v) is 8.02. The summed E-state index contributed by atoms with van der Waals surface area (Å²) < 4.78 is 10.5. The number of rotatable bonds is 5. The van der Waals surface area contributed by atoms with Crippen LogP contribution in [0.2, 0.25) is 13.1 Å². The molecule has 0 atom stereocenters. The third-order valence-electron chi connectivity index (χ3n) is 1.21. The molecule has 0 aliphatic rings. The van der Waals surface area contributed by atoms with Crippen molar-refractivity contribution in [1.82, 2.24) is 0 Å². The smallest absolute Gasteiger partial charge is 0.213 e. The van der Waals surface area contributed by atoms with E-state index in [-0.39, 0.29) is 0 Å². The summed E-state index contributed by atoms with van der Waals surface area (Å²) in [4.78, 5) is 0. The molecule has 0 spiro atoms. The first kappa shape index (κ1) is 9.88. The summed E-state index contributed by atoms with van der Waals surface area (Å²) in [6, 6.07) is 0. The summed E-state index contributed by atoms with van der Waals surface area (Å²) in [5, 5.41) is 0. The fourth-order valence-corrected chi connectivity index (χ4v) is 0.841. The van der Waals surface area contributed by atoms with E-state index in [1.807, 2.05) is 12.6 Å². The van der Waals surface area contributed by atoms with E-state index >= 15 is 0 Å². The monoisotopic (exact) mass is 160 g/mol. The van der Waals surface area contributed by atoms with Crippen LogP contribution in [-0.2, 0) is 9.16 Å². The van der Waals surface area contributed by atoms with Gasteiger partial charge in [0.1, 0.15) is 6.79 Å². The van der Waals surface area contributed by atoms with Gasteiger partial charge >= 0.3 is 0 Å². The second-order valence-corrected chi connectivity index (χ2v) is 6.47. The quantitative estimate of drug-likeness (QED) is 0.347. The van der Waals surface area contributed by atoms with E-state index in [1.165, 1.54) is 0 Å². The highest BCUT2D eigenvalue weighted by Crippen LogP contribution is 2.03. The van der Waals surface area contributed by atoms with Crippen LogP contribution < -0.4 is 0 Å². The molecule has 0 aromatic rings. The van der Waals surface area contributed by atoms with Crippen LogP contribution in [0.25, 0.3) is 0 Å². The van der Waals surface area contributed by atoms with Gasteiger partial charge in [-0.3, -0.25) is 0 Å². The SMILES string of the molecule is C=C[Si](C)(C)OCOCC. The van der Waals surface area contributed by atoms with Crippen LogP contribution in [0.1, 0.15) is 6.92 Å². The summed E-state index contributed by atoms with van der Waals surface area (Å²) >= 11 is 0. The van der Waals surface area contributed by atoms with Gasteiger partial charge in [0.05, 0.1) is 0 Å².